The molecule has 0 radical (unpaired) electrons. The molecule has 2 aromatic heterocycles. The summed E-state index contributed by atoms with van der Waals surface area (Å²) in [4.78, 5) is 24.8. The Hall–Kier alpha value is -2.28. The Morgan fingerprint density at radius 3 is 2.71 bits per heavy atom. The van der Waals surface area contributed by atoms with E-state index in [0.717, 1.165) is 18.5 Å². The van der Waals surface area contributed by atoms with Crippen molar-refractivity contribution in [2.75, 3.05) is 6.61 Å². The molecule has 0 atom stereocenters. The number of aliphatic hydroxyl groups is 1. The van der Waals surface area contributed by atoms with Crippen LogP contribution in [0.15, 0.2) is 24.8 Å². The number of imidazole rings is 1. The lowest BCUT2D eigenvalue weighted by molar-refractivity contribution is 0.0917. The third kappa shape index (κ3) is 4.86. The normalized spacial score (nSPS) is 14.6. The minimum Gasteiger partial charge on any atom is -0.397 e. The van der Waals surface area contributed by atoms with Gasteiger partial charge in [0.25, 0.3) is 5.91 Å². The fourth-order valence-electron chi connectivity index (χ4n) is 2.71. The van der Waals surface area contributed by atoms with E-state index in [2.05, 4.69) is 20.3 Å². The summed E-state index contributed by atoms with van der Waals surface area (Å²) in [5, 5.41) is 10.6. The number of hydrogen-bond acceptors (Lipinski definition) is 5. The van der Waals surface area contributed by atoms with Crippen molar-refractivity contribution in [3.63, 3.8) is 0 Å². The van der Waals surface area contributed by atoms with Gasteiger partial charge in [-0.3, -0.25) is 4.79 Å². The summed E-state index contributed by atoms with van der Waals surface area (Å²) in [6.07, 6.45) is 10.8. The van der Waals surface area contributed by atoms with E-state index < -0.39 is 0 Å². The van der Waals surface area contributed by atoms with Crippen molar-refractivity contribution in [2.45, 2.75) is 45.1 Å². The van der Waals surface area contributed by atoms with Crippen LogP contribution in [0.3, 0.4) is 0 Å². The second kappa shape index (κ2) is 9.12. The fraction of sp³-hybridized carbons (Fsp3) is 0.529. The van der Waals surface area contributed by atoms with Gasteiger partial charge in [0, 0.05) is 25.9 Å². The van der Waals surface area contributed by atoms with E-state index in [0.29, 0.717) is 5.69 Å². The van der Waals surface area contributed by atoms with Crippen LogP contribution in [0.1, 0.15) is 49.6 Å². The summed E-state index contributed by atoms with van der Waals surface area (Å²) >= 11 is 0. The monoisotopic (exact) mass is 331 g/mol. The zero-order chi connectivity index (χ0) is 17.4. The Morgan fingerprint density at radius 2 is 2.08 bits per heavy atom. The van der Waals surface area contributed by atoms with Crippen molar-refractivity contribution in [1.29, 1.82) is 0 Å². The van der Waals surface area contributed by atoms with Crippen LogP contribution >= 0.6 is 0 Å². The number of hydrogen-bond donors (Lipinski definition) is 2. The maximum atomic E-state index is 12.3. The summed E-state index contributed by atoms with van der Waals surface area (Å²) in [7, 11) is 1.90. The van der Waals surface area contributed by atoms with Crippen LogP contribution in [0.2, 0.25) is 0 Å². The molecule has 2 aromatic rings. The highest BCUT2D eigenvalue weighted by Crippen LogP contribution is 2.18. The number of amides is 1. The molecule has 130 valence electrons. The highest BCUT2D eigenvalue weighted by molar-refractivity contribution is 5.91. The number of carbonyl (C=O) groups excluding carboxylic acids is 1. The minimum absolute atomic E-state index is 0.189. The highest BCUT2D eigenvalue weighted by atomic mass is 16.2. The second-order valence-electron chi connectivity index (χ2n) is 5.78. The zero-order valence-corrected chi connectivity index (χ0v) is 14.3. The Bertz CT molecular complexity index is 650. The third-order valence-electron chi connectivity index (χ3n) is 3.88. The predicted molar refractivity (Wildman–Crippen MR) is 91.3 cm³/mol. The Kier molecular flexibility index (Phi) is 6.87. The van der Waals surface area contributed by atoms with Gasteiger partial charge in [-0.15, -0.1) is 0 Å². The lowest BCUT2D eigenvalue weighted by Gasteiger charge is -2.22. The molecule has 2 N–H and O–H groups in total. The Morgan fingerprint density at radius 1 is 1.38 bits per heavy atom. The van der Waals surface area contributed by atoms with E-state index in [4.69, 9.17) is 5.11 Å². The molecule has 0 aromatic carbocycles. The Labute approximate surface area is 142 Å². The smallest absolute Gasteiger partial charge is 0.289 e. The predicted octanol–water partition coefficient (Wildman–Crippen LogP) is 1.94. The summed E-state index contributed by atoms with van der Waals surface area (Å²) in [6.45, 7) is 1.93. The molecular weight excluding hydrogens is 306 g/mol. The zero-order valence-electron chi connectivity index (χ0n) is 14.3. The summed E-state index contributed by atoms with van der Waals surface area (Å²) < 4.78 is 1.87. The van der Waals surface area contributed by atoms with Gasteiger partial charge in [-0.1, -0.05) is 19.3 Å². The molecule has 0 aliphatic heterocycles. The maximum absolute atomic E-state index is 12.3. The standard InChI is InChI=1S/C15H19N5O.C2H6O/c1-20-10-16-9-13(20)12-7-8-17-14(19-12)15(21)18-11-5-3-2-4-6-11;1-2-3/h7-11H,2-6H2,1H3,(H,18,21);3H,2H2,1H3. The van der Waals surface area contributed by atoms with Crippen molar-refractivity contribution < 1.29 is 9.90 Å². The van der Waals surface area contributed by atoms with Crippen LogP contribution in [0.25, 0.3) is 11.4 Å². The highest BCUT2D eigenvalue weighted by Gasteiger charge is 2.18. The summed E-state index contributed by atoms with van der Waals surface area (Å²) in [6, 6.07) is 2.05. The first-order valence-corrected chi connectivity index (χ1v) is 8.37. The first kappa shape index (κ1) is 18.1. The number of nitrogens with one attached hydrogen (secondary N) is 1. The van der Waals surface area contributed by atoms with Crippen LogP contribution in [-0.4, -0.2) is 43.2 Å². The van der Waals surface area contributed by atoms with Crippen LogP contribution in [-0.2, 0) is 7.05 Å². The van der Waals surface area contributed by atoms with E-state index in [1.54, 1.807) is 31.7 Å². The molecule has 0 unspecified atom stereocenters. The van der Waals surface area contributed by atoms with Crippen LogP contribution in [0.4, 0.5) is 0 Å². The van der Waals surface area contributed by atoms with Gasteiger partial charge in [0.1, 0.15) is 0 Å². The molecule has 1 aliphatic carbocycles. The van der Waals surface area contributed by atoms with Crippen molar-refractivity contribution >= 4 is 5.91 Å². The van der Waals surface area contributed by atoms with E-state index in [9.17, 15) is 4.79 Å². The average Bonchev–Trinajstić information content (AvgIpc) is 3.03. The number of aliphatic hydroxyl groups excluding tert-OH is 1. The van der Waals surface area contributed by atoms with Gasteiger partial charge < -0.3 is 15.0 Å². The maximum Gasteiger partial charge on any atom is 0.289 e. The first-order chi connectivity index (χ1) is 11.7. The molecule has 0 saturated heterocycles. The molecule has 0 bridgehead atoms. The number of aromatic nitrogens is 4. The largest absolute Gasteiger partial charge is 0.397 e. The van der Waals surface area contributed by atoms with Crippen molar-refractivity contribution in [3.05, 3.63) is 30.6 Å². The summed E-state index contributed by atoms with van der Waals surface area (Å²) in [5.74, 6) is 0.0326. The van der Waals surface area contributed by atoms with Gasteiger partial charge in [0.05, 0.1) is 23.9 Å². The molecule has 24 heavy (non-hydrogen) atoms. The molecule has 1 saturated carbocycles. The fourth-order valence-corrected chi connectivity index (χ4v) is 2.71. The molecule has 7 heteroatoms. The molecule has 1 amide bonds. The minimum atomic E-state index is -0.189. The molecule has 1 fully saturated rings. The van der Waals surface area contributed by atoms with Crippen LogP contribution < -0.4 is 5.32 Å². The van der Waals surface area contributed by atoms with Crippen molar-refractivity contribution in [2.24, 2.45) is 7.05 Å². The lowest BCUT2D eigenvalue weighted by Crippen LogP contribution is -2.37. The lowest BCUT2D eigenvalue weighted by atomic mass is 9.95. The molecule has 7 nitrogen and oxygen atoms in total. The molecule has 3 rings (SSSR count). The molecule has 0 spiro atoms. The summed E-state index contributed by atoms with van der Waals surface area (Å²) in [5.41, 5.74) is 1.57. The molecule has 2 heterocycles. The average molecular weight is 331 g/mol. The van der Waals surface area contributed by atoms with Crippen molar-refractivity contribution in [3.8, 4) is 11.4 Å². The Balaban J connectivity index is 0.000000647. The topological polar surface area (TPSA) is 92.9 Å². The first-order valence-electron chi connectivity index (χ1n) is 8.37. The quantitative estimate of drug-likeness (QED) is 0.896. The number of carbonyl (C=O) groups is 1. The third-order valence-corrected chi connectivity index (χ3v) is 3.88. The van der Waals surface area contributed by atoms with E-state index >= 15 is 0 Å². The van der Waals surface area contributed by atoms with E-state index in [1.807, 2.05) is 11.6 Å². The van der Waals surface area contributed by atoms with Gasteiger partial charge in [0.15, 0.2) is 0 Å². The van der Waals surface area contributed by atoms with E-state index in [1.165, 1.54) is 19.3 Å². The van der Waals surface area contributed by atoms with Crippen LogP contribution in [0, 0.1) is 0 Å². The number of nitrogens with zero attached hydrogens (tertiary/aromatic N) is 4. The van der Waals surface area contributed by atoms with Gasteiger partial charge in [0.2, 0.25) is 5.82 Å². The molecule has 1 aliphatic rings. The second-order valence-corrected chi connectivity index (χ2v) is 5.78. The van der Waals surface area contributed by atoms with Gasteiger partial charge in [-0.2, -0.15) is 0 Å². The number of aryl methyl sites for hydroxylation is 1. The van der Waals surface area contributed by atoms with Gasteiger partial charge in [-0.25, -0.2) is 15.0 Å². The number of rotatable bonds is 3. The van der Waals surface area contributed by atoms with Gasteiger partial charge in [-0.05, 0) is 25.8 Å². The SMILES string of the molecule is CCO.Cn1cncc1-c1ccnc(C(=O)NC2CCCCC2)n1. The molecular formula is C17H25N5O2. The van der Waals surface area contributed by atoms with Gasteiger partial charge >= 0.3 is 0 Å². The van der Waals surface area contributed by atoms with E-state index in [-0.39, 0.29) is 24.4 Å². The van der Waals surface area contributed by atoms with Crippen LogP contribution in [0.5, 0.6) is 0 Å². The van der Waals surface area contributed by atoms with Crippen molar-refractivity contribution in [1.82, 2.24) is 24.8 Å².